The lowest BCUT2D eigenvalue weighted by Crippen LogP contribution is -2.61. The van der Waals surface area contributed by atoms with Gasteiger partial charge in [-0.3, -0.25) is 4.79 Å². The lowest BCUT2D eigenvalue weighted by molar-refractivity contribution is -0.110. The van der Waals surface area contributed by atoms with E-state index in [2.05, 4.69) is 35.6 Å². The number of hydrogen-bond acceptors (Lipinski definition) is 3. The quantitative estimate of drug-likeness (QED) is 0.551. The van der Waals surface area contributed by atoms with E-state index in [1.54, 1.807) is 6.92 Å². The van der Waals surface area contributed by atoms with Crippen LogP contribution in [0, 0.1) is 0 Å². The molecule has 1 saturated heterocycles. The van der Waals surface area contributed by atoms with Gasteiger partial charge in [0.2, 0.25) is 0 Å². The van der Waals surface area contributed by atoms with E-state index >= 15 is 0 Å². The normalized spacial score (nSPS) is 24.5. The Bertz CT molecular complexity index is 271. The number of hydrogen-bond donors (Lipinski definition) is 0. The molecule has 0 aromatic heterocycles. The lowest BCUT2D eigenvalue weighted by atomic mass is 10.5. The predicted octanol–water partition coefficient (Wildman–Crippen LogP) is 2.68. The van der Waals surface area contributed by atoms with Gasteiger partial charge < -0.3 is 4.34 Å². The number of carbonyl (C=O) groups is 1. The van der Waals surface area contributed by atoms with E-state index in [0.29, 0.717) is 0 Å². The third kappa shape index (κ3) is 3.01. The van der Waals surface area contributed by atoms with Gasteiger partial charge in [-0.1, -0.05) is 32.6 Å². The van der Waals surface area contributed by atoms with Crippen LogP contribution in [0.4, 0.5) is 0 Å². The summed E-state index contributed by atoms with van der Waals surface area (Å²) in [6, 6.07) is 2.61. The molecule has 1 heterocycles. The van der Waals surface area contributed by atoms with E-state index in [1.807, 2.05) is 0 Å². The van der Waals surface area contributed by atoms with Crippen molar-refractivity contribution in [3.05, 3.63) is 0 Å². The van der Waals surface area contributed by atoms with Crippen LogP contribution in [0.1, 0.15) is 13.3 Å². The Labute approximate surface area is 94.7 Å². The van der Waals surface area contributed by atoms with Gasteiger partial charge in [-0.25, -0.2) is 0 Å². The summed E-state index contributed by atoms with van der Waals surface area (Å²) in [5, 5.41) is 4.47. The van der Waals surface area contributed by atoms with Crippen LogP contribution >= 0.6 is 0 Å². The Kier molecular flexibility index (Phi) is 3.55. The smallest absolute Gasteiger partial charge is 0.172 e. The second-order valence-corrected chi connectivity index (χ2v) is 15.2. The summed E-state index contributed by atoms with van der Waals surface area (Å²) in [5.41, 5.74) is 0. The Morgan fingerprint density at radius 1 is 1.20 bits per heavy atom. The Hall–Kier alpha value is -0.426. The molecule has 0 aromatic carbocycles. The maximum absolute atomic E-state index is 11.0. The zero-order valence-corrected chi connectivity index (χ0v) is 12.5. The summed E-state index contributed by atoms with van der Waals surface area (Å²) >= 11 is 0. The Morgan fingerprint density at radius 3 is 2.07 bits per heavy atom. The summed E-state index contributed by atoms with van der Waals surface area (Å²) in [5.74, 6) is 0.0511. The molecule has 3 nitrogen and oxygen atoms in total. The van der Waals surface area contributed by atoms with Crippen LogP contribution in [0.15, 0.2) is 5.10 Å². The van der Waals surface area contributed by atoms with Crippen molar-refractivity contribution in [3.63, 3.8) is 0 Å². The van der Waals surface area contributed by atoms with Crippen molar-refractivity contribution >= 4 is 28.5 Å². The van der Waals surface area contributed by atoms with Gasteiger partial charge in [-0.2, -0.15) is 5.10 Å². The van der Waals surface area contributed by atoms with E-state index in [0.717, 1.165) is 0 Å². The number of nitrogens with zero attached hydrogens (tertiary/aromatic N) is 2. The van der Waals surface area contributed by atoms with Crippen LogP contribution in [-0.4, -0.2) is 32.8 Å². The van der Waals surface area contributed by atoms with Gasteiger partial charge in [-0.15, -0.1) is 0 Å². The molecule has 0 aromatic rings. The van der Waals surface area contributed by atoms with Crippen LogP contribution in [0.25, 0.3) is 0 Å². The standard InChI is InChI=1S/C10H22N2OSi2/c1-10(13)9-11-12-14(2,3)7-6-8-15(12,4)5/h9H,6-8H2,1-5H3. The molecule has 1 aliphatic rings. The number of ketones is 1. The summed E-state index contributed by atoms with van der Waals surface area (Å²) in [6.07, 6.45) is 2.85. The first-order valence-electron chi connectivity index (χ1n) is 5.61. The molecule has 0 saturated carbocycles. The van der Waals surface area contributed by atoms with Gasteiger partial charge in [0.15, 0.2) is 22.3 Å². The van der Waals surface area contributed by atoms with Crippen molar-refractivity contribution in [2.75, 3.05) is 0 Å². The van der Waals surface area contributed by atoms with Crippen LogP contribution < -0.4 is 0 Å². The second kappa shape index (κ2) is 4.21. The minimum atomic E-state index is -1.38. The molecule has 1 rings (SSSR count). The highest BCUT2D eigenvalue weighted by Gasteiger charge is 2.43. The van der Waals surface area contributed by atoms with E-state index in [4.69, 9.17) is 0 Å². The van der Waals surface area contributed by atoms with E-state index in [-0.39, 0.29) is 5.78 Å². The van der Waals surface area contributed by atoms with E-state index < -0.39 is 16.5 Å². The van der Waals surface area contributed by atoms with Crippen molar-refractivity contribution in [1.29, 1.82) is 0 Å². The van der Waals surface area contributed by atoms with E-state index in [9.17, 15) is 4.79 Å². The zero-order valence-electron chi connectivity index (χ0n) is 10.5. The average Bonchev–Trinajstić information content (AvgIpc) is 1.99. The molecular formula is C10H22N2OSi2. The molecule has 5 heteroatoms. The SMILES string of the molecule is CC(=O)C=NN1[Si](C)(C)CCC[Si]1(C)C. The molecule has 0 amide bonds. The summed E-state index contributed by atoms with van der Waals surface area (Å²) in [7, 11) is -2.75. The maximum atomic E-state index is 11.0. The van der Waals surface area contributed by atoms with Crippen LogP contribution in [0.3, 0.4) is 0 Å². The summed E-state index contributed by atoms with van der Waals surface area (Å²) in [6.45, 7) is 11.0. The summed E-state index contributed by atoms with van der Waals surface area (Å²) < 4.78 is 2.37. The number of hydrazone groups is 1. The van der Waals surface area contributed by atoms with Gasteiger partial charge in [0, 0.05) is 6.92 Å². The predicted molar refractivity (Wildman–Crippen MR) is 70.2 cm³/mol. The maximum Gasteiger partial charge on any atom is 0.172 e. The second-order valence-electron chi connectivity index (χ2n) is 5.65. The zero-order chi connectivity index (χ0) is 11.7. The molecule has 15 heavy (non-hydrogen) atoms. The highest BCUT2D eigenvalue weighted by atomic mass is 28.4. The van der Waals surface area contributed by atoms with Crippen molar-refractivity contribution in [3.8, 4) is 0 Å². The van der Waals surface area contributed by atoms with Crippen molar-refractivity contribution in [2.45, 2.75) is 51.6 Å². The number of rotatable bonds is 2. The molecule has 0 bridgehead atoms. The third-order valence-corrected chi connectivity index (χ3v) is 12.4. The molecule has 86 valence electrons. The molecule has 0 radical (unpaired) electrons. The van der Waals surface area contributed by atoms with Gasteiger partial charge in [-0.05, 0) is 12.1 Å². The van der Waals surface area contributed by atoms with Crippen LogP contribution in [0.2, 0.25) is 38.3 Å². The lowest BCUT2D eigenvalue weighted by Gasteiger charge is -2.49. The minimum absolute atomic E-state index is 0.0511. The van der Waals surface area contributed by atoms with Crippen molar-refractivity contribution in [2.24, 2.45) is 5.10 Å². The number of carbonyl (C=O) groups excluding carboxylic acids is 1. The fraction of sp³-hybridized carbons (Fsp3) is 0.800. The summed E-state index contributed by atoms with van der Waals surface area (Å²) in [4.78, 5) is 11.0. The molecule has 1 fully saturated rings. The molecule has 0 spiro atoms. The monoisotopic (exact) mass is 242 g/mol. The van der Waals surface area contributed by atoms with Gasteiger partial charge >= 0.3 is 0 Å². The molecule has 0 N–H and O–H groups in total. The van der Waals surface area contributed by atoms with Gasteiger partial charge in [0.05, 0.1) is 6.21 Å². The topological polar surface area (TPSA) is 32.7 Å². The molecular weight excluding hydrogens is 220 g/mol. The Balaban J connectivity index is 2.91. The van der Waals surface area contributed by atoms with Crippen molar-refractivity contribution < 1.29 is 4.79 Å². The fourth-order valence-electron chi connectivity index (χ4n) is 2.44. The molecule has 0 aliphatic carbocycles. The van der Waals surface area contributed by atoms with Crippen molar-refractivity contribution in [1.82, 2.24) is 4.34 Å². The molecule has 0 atom stereocenters. The van der Waals surface area contributed by atoms with Gasteiger partial charge in [0.25, 0.3) is 0 Å². The highest BCUT2D eigenvalue weighted by Crippen LogP contribution is 2.34. The minimum Gasteiger partial charge on any atom is -0.349 e. The first-order valence-corrected chi connectivity index (χ1v) is 11.9. The van der Waals surface area contributed by atoms with E-state index in [1.165, 1.54) is 24.7 Å². The average molecular weight is 242 g/mol. The molecule has 1 aliphatic heterocycles. The van der Waals surface area contributed by atoms with Crippen LogP contribution in [0.5, 0.6) is 0 Å². The highest BCUT2D eigenvalue weighted by molar-refractivity contribution is 6.91. The Morgan fingerprint density at radius 2 is 1.67 bits per heavy atom. The first kappa shape index (κ1) is 12.6. The van der Waals surface area contributed by atoms with Crippen LogP contribution in [-0.2, 0) is 4.79 Å². The van der Waals surface area contributed by atoms with Gasteiger partial charge in [0.1, 0.15) is 0 Å². The largest absolute Gasteiger partial charge is 0.349 e. The number of Topliss-reactive ketones (excluding diaryl/α,β-unsaturated/α-hetero) is 1. The fourth-order valence-corrected chi connectivity index (χ4v) is 13.3. The first-order chi connectivity index (χ1) is 6.76. The third-order valence-electron chi connectivity index (χ3n) is 3.08. The molecule has 0 unspecified atom stereocenters.